The van der Waals surface area contributed by atoms with E-state index < -0.39 is 10.0 Å². The predicted molar refractivity (Wildman–Crippen MR) is 127 cm³/mol. The highest BCUT2D eigenvalue weighted by Crippen LogP contribution is 2.32. The van der Waals surface area contributed by atoms with E-state index in [9.17, 15) is 18.0 Å². The van der Waals surface area contributed by atoms with E-state index in [0.717, 1.165) is 31.4 Å². The van der Waals surface area contributed by atoms with Crippen LogP contribution in [-0.4, -0.2) is 49.5 Å². The van der Waals surface area contributed by atoms with E-state index in [2.05, 4.69) is 11.6 Å². The number of carbonyl (C=O) groups excluding carboxylic acids is 2. The van der Waals surface area contributed by atoms with Crippen LogP contribution in [-0.2, 0) is 27.7 Å². The van der Waals surface area contributed by atoms with Crippen LogP contribution in [0.15, 0.2) is 41.8 Å². The quantitative estimate of drug-likeness (QED) is 0.385. The number of benzene rings is 1. The van der Waals surface area contributed by atoms with Crippen LogP contribution in [0.3, 0.4) is 0 Å². The summed E-state index contributed by atoms with van der Waals surface area (Å²) in [6.07, 6.45) is 6.53. The van der Waals surface area contributed by atoms with Crippen molar-refractivity contribution in [3.63, 3.8) is 0 Å². The van der Waals surface area contributed by atoms with Crippen LogP contribution in [0.2, 0.25) is 0 Å². The third-order valence-corrected chi connectivity index (χ3v) is 8.56. The number of amides is 1. The summed E-state index contributed by atoms with van der Waals surface area (Å²) in [7, 11) is -2.20. The smallest absolute Gasteiger partial charge is 0.242 e. The summed E-state index contributed by atoms with van der Waals surface area (Å²) < 4.78 is 26.8. The first-order chi connectivity index (χ1) is 15.2. The molecule has 172 valence electrons. The molecule has 0 unspecified atom stereocenters. The van der Waals surface area contributed by atoms with Crippen LogP contribution >= 0.6 is 11.3 Å². The van der Waals surface area contributed by atoms with Gasteiger partial charge in [0.15, 0.2) is 10.9 Å². The minimum atomic E-state index is -3.69. The molecule has 1 heterocycles. The number of nitrogens with zero attached hydrogens (tertiary/aromatic N) is 3. The number of sulfonamides is 1. The van der Waals surface area contributed by atoms with E-state index in [1.165, 1.54) is 47.4 Å². The Hall–Kier alpha value is -2.36. The lowest BCUT2D eigenvalue weighted by Gasteiger charge is -2.20. The fourth-order valence-corrected chi connectivity index (χ4v) is 6.00. The second-order valence-electron chi connectivity index (χ2n) is 7.88. The molecular weight excluding hydrogens is 446 g/mol. The molecule has 0 atom stereocenters. The zero-order valence-corrected chi connectivity index (χ0v) is 20.2. The van der Waals surface area contributed by atoms with Crippen LogP contribution in [0, 0.1) is 0 Å². The maximum atomic E-state index is 12.9. The maximum absolute atomic E-state index is 12.9. The molecule has 0 saturated heterocycles. The molecule has 2 aromatic rings. The monoisotopic (exact) mass is 475 g/mol. The fourth-order valence-electron chi connectivity index (χ4n) is 3.62. The number of anilines is 1. The Kier molecular flexibility index (Phi) is 7.97. The number of hydrogen-bond acceptors (Lipinski definition) is 6. The molecule has 1 aliphatic carbocycles. The third-order valence-electron chi connectivity index (χ3n) is 5.51. The Bertz CT molecular complexity index is 1070. The highest BCUT2D eigenvalue weighted by atomic mass is 32.2. The number of thiazole rings is 1. The van der Waals surface area contributed by atoms with Crippen molar-refractivity contribution in [1.29, 1.82) is 0 Å². The van der Waals surface area contributed by atoms with Gasteiger partial charge in [-0.25, -0.2) is 17.7 Å². The molecule has 9 heteroatoms. The molecule has 0 saturated carbocycles. The van der Waals surface area contributed by atoms with Gasteiger partial charge in [0.1, 0.15) is 0 Å². The molecule has 1 aromatic carbocycles. The first kappa shape index (κ1) is 24.3. The Labute approximate surface area is 193 Å². The molecule has 32 heavy (non-hydrogen) atoms. The number of hydrogen-bond donors (Lipinski definition) is 0. The number of Topliss-reactive ketones (excluding diaryl/α,β-unsaturated/α-hetero) is 1. The van der Waals surface area contributed by atoms with Gasteiger partial charge >= 0.3 is 0 Å². The number of aryl methyl sites for hydroxylation is 2. The summed E-state index contributed by atoms with van der Waals surface area (Å²) in [6.45, 7) is 5.77. The number of ketones is 1. The largest absolute Gasteiger partial charge is 0.295 e. The molecule has 0 aliphatic heterocycles. The van der Waals surface area contributed by atoms with Gasteiger partial charge in [0.25, 0.3) is 0 Å². The van der Waals surface area contributed by atoms with Gasteiger partial charge in [-0.05, 0) is 51.2 Å². The summed E-state index contributed by atoms with van der Waals surface area (Å²) in [4.78, 5) is 32.0. The van der Waals surface area contributed by atoms with E-state index in [0.29, 0.717) is 23.7 Å². The standard InChI is InChI=1S/C23H29N3O4S2/c1-4-15-26(23-24-20-8-5-6-9-21(20)31-23)22(28)10-7-16-25(3)32(29,30)19-13-11-18(12-14-19)17(2)27/h4,11-14H,1,5-10,15-16H2,2-3H3. The molecule has 7 nitrogen and oxygen atoms in total. The fraction of sp³-hybridized carbons (Fsp3) is 0.435. The SMILES string of the molecule is C=CCN(C(=O)CCCN(C)S(=O)(=O)c1ccc(C(C)=O)cc1)c1nc2c(s1)CCCC2. The average Bonchev–Trinajstić information content (AvgIpc) is 3.21. The predicted octanol–water partition coefficient (Wildman–Crippen LogP) is 3.84. The van der Waals surface area contributed by atoms with Crippen molar-refractivity contribution in [2.75, 3.05) is 25.0 Å². The van der Waals surface area contributed by atoms with Gasteiger partial charge in [0, 0.05) is 37.0 Å². The van der Waals surface area contributed by atoms with Gasteiger partial charge in [0.2, 0.25) is 15.9 Å². The third kappa shape index (κ3) is 5.51. The lowest BCUT2D eigenvalue weighted by Crippen LogP contribution is -2.32. The molecular formula is C23H29N3O4S2. The number of fused-ring (bicyclic) bond motifs is 1. The van der Waals surface area contributed by atoms with Crippen LogP contribution < -0.4 is 4.90 Å². The number of carbonyl (C=O) groups is 2. The van der Waals surface area contributed by atoms with Crippen molar-refractivity contribution in [1.82, 2.24) is 9.29 Å². The van der Waals surface area contributed by atoms with Gasteiger partial charge in [-0.15, -0.1) is 17.9 Å². The van der Waals surface area contributed by atoms with Crippen molar-refractivity contribution < 1.29 is 18.0 Å². The van der Waals surface area contributed by atoms with Gasteiger partial charge in [-0.1, -0.05) is 18.2 Å². The summed E-state index contributed by atoms with van der Waals surface area (Å²) in [5.41, 5.74) is 1.56. The minimum Gasteiger partial charge on any atom is -0.295 e. The highest BCUT2D eigenvalue weighted by molar-refractivity contribution is 7.89. The van der Waals surface area contributed by atoms with Crippen molar-refractivity contribution in [2.45, 2.75) is 50.3 Å². The van der Waals surface area contributed by atoms with Crippen LogP contribution in [0.5, 0.6) is 0 Å². The van der Waals surface area contributed by atoms with Gasteiger partial charge in [-0.2, -0.15) is 0 Å². The van der Waals surface area contributed by atoms with E-state index >= 15 is 0 Å². The molecule has 0 spiro atoms. The van der Waals surface area contributed by atoms with Crippen molar-refractivity contribution >= 4 is 38.2 Å². The lowest BCUT2D eigenvalue weighted by atomic mass is 10.0. The summed E-state index contributed by atoms with van der Waals surface area (Å²) in [6, 6.07) is 5.88. The Morgan fingerprint density at radius 1 is 1.19 bits per heavy atom. The molecule has 0 fully saturated rings. The Balaban J connectivity index is 1.60. The van der Waals surface area contributed by atoms with Gasteiger partial charge in [-0.3, -0.25) is 14.5 Å². The first-order valence-electron chi connectivity index (χ1n) is 10.7. The van der Waals surface area contributed by atoms with E-state index in [4.69, 9.17) is 0 Å². The summed E-state index contributed by atoms with van der Waals surface area (Å²) in [5, 5.41) is 0.702. The molecule has 1 aromatic heterocycles. The number of aromatic nitrogens is 1. The first-order valence-corrected chi connectivity index (χ1v) is 13.0. The lowest BCUT2D eigenvalue weighted by molar-refractivity contribution is -0.118. The maximum Gasteiger partial charge on any atom is 0.242 e. The average molecular weight is 476 g/mol. The minimum absolute atomic E-state index is 0.0902. The molecule has 0 radical (unpaired) electrons. The molecule has 1 aliphatic rings. The highest BCUT2D eigenvalue weighted by Gasteiger charge is 2.24. The number of rotatable bonds is 10. The zero-order chi connectivity index (χ0) is 23.3. The van der Waals surface area contributed by atoms with E-state index in [1.807, 2.05) is 0 Å². The zero-order valence-electron chi connectivity index (χ0n) is 18.5. The van der Waals surface area contributed by atoms with Crippen molar-refractivity contribution in [3.8, 4) is 0 Å². The molecule has 0 bridgehead atoms. The molecule has 3 rings (SSSR count). The normalized spacial score (nSPS) is 13.6. The topological polar surface area (TPSA) is 87.7 Å². The summed E-state index contributed by atoms with van der Waals surface area (Å²) in [5.74, 6) is -0.210. The van der Waals surface area contributed by atoms with Gasteiger partial charge in [0.05, 0.1) is 10.6 Å². The Morgan fingerprint density at radius 2 is 1.88 bits per heavy atom. The van der Waals surface area contributed by atoms with Crippen LogP contribution in [0.1, 0.15) is 53.5 Å². The molecule has 1 amide bonds. The molecule has 0 N–H and O–H groups in total. The van der Waals surface area contributed by atoms with Crippen molar-refractivity contribution in [3.05, 3.63) is 53.1 Å². The van der Waals surface area contributed by atoms with E-state index in [1.54, 1.807) is 22.3 Å². The summed E-state index contributed by atoms with van der Waals surface area (Å²) >= 11 is 1.57. The van der Waals surface area contributed by atoms with Crippen LogP contribution in [0.25, 0.3) is 0 Å². The van der Waals surface area contributed by atoms with E-state index in [-0.39, 0.29) is 29.6 Å². The second-order valence-corrected chi connectivity index (χ2v) is 11.0. The van der Waals surface area contributed by atoms with Gasteiger partial charge < -0.3 is 0 Å². The van der Waals surface area contributed by atoms with Crippen LogP contribution in [0.4, 0.5) is 5.13 Å². The Morgan fingerprint density at radius 3 is 2.50 bits per heavy atom. The second kappa shape index (κ2) is 10.5. The van der Waals surface area contributed by atoms with Crippen molar-refractivity contribution in [2.24, 2.45) is 0 Å².